The minimum Gasteiger partial charge on any atom is -0.390 e. The van der Waals surface area contributed by atoms with Crippen LogP contribution in [0.15, 0.2) is 0 Å². The number of piperidine rings is 1. The molecule has 4 heteroatoms. The fourth-order valence-electron chi connectivity index (χ4n) is 7.89. The number of hydrogen-bond donors (Lipinski definition) is 2. The van der Waals surface area contributed by atoms with Crippen molar-refractivity contribution in [1.29, 1.82) is 0 Å². The first-order valence-corrected chi connectivity index (χ1v) is 10.3. The Morgan fingerprint density at radius 3 is 2.44 bits per heavy atom. The number of rotatable bonds is 1. The van der Waals surface area contributed by atoms with Crippen molar-refractivity contribution in [1.82, 2.24) is 4.90 Å². The standard InChI is InChI=1S/C21H35NO3/c1-13(23)21(25)12-8-16-14-5-6-17-19(2,10-9-18(24)22(17)4)15(14)7-11-20(16,21)3/h13-17,23,25H,5-12H2,1-4H3/t13?,14-,15+,16+,17?,19-,20+,21+/m1/s1. The van der Waals surface area contributed by atoms with Gasteiger partial charge in [0.25, 0.3) is 0 Å². The van der Waals surface area contributed by atoms with Crippen molar-refractivity contribution >= 4 is 5.91 Å². The second-order valence-electron chi connectivity index (χ2n) is 10.1. The van der Waals surface area contributed by atoms with E-state index in [4.69, 9.17) is 0 Å². The molecule has 4 aliphatic rings. The van der Waals surface area contributed by atoms with Crippen LogP contribution >= 0.6 is 0 Å². The third kappa shape index (κ3) is 2.10. The first kappa shape index (κ1) is 17.8. The zero-order valence-corrected chi connectivity index (χ0v) is 16.3. The molecule has 0 aromatic carbocycles. The lowest BCUT2D eigenvalue weighted by Gasteiger charge is -2.62. The molecule has 4 nitrogen and oxygen atoms in total. The number of aliphatic hydroxyl groups excluding tert-OH is 1. The zero-order valence-electron chi connectivity index (χ0n) is 16.3. The molecule has 142 valence electrons. The number of likely N-dealkylation sites (tertiary alicyclic amines) is 1. The number of aliphatic hydroxyl groups is 2. The van der Waals surface area contributed by atoms with Crippen molar-refractivity contribution in [3.8, 4) is 0 Å². The van der Waals surface area contributed by atoms with Crippen molar-refractivity contribution in [2.45, 2.75) is 89.9 Å². The van der Waals surface area contributed by atoms with E-state index in [1.165, 1.54) is 6.42 Å². The lowest BCUT2D eigenvalue weighted by atomic mass is 9.46. The molecule has 0 spiro atoms. The van der Waals surface area contributed by atoms with Crippen LogP contribution in [0, 0.1) is 28.6 Å². The molecule has 2 unspecified atom stereocenters. The van der Waals surface area contributed by atoms with Crippen molar-refractivity contribution in [2.75, 3.05) is 7.05 Å². The van der Waals surface area contributed by atoms with Gasteiger partial charge in [0.15, 0.2) is 0 Å². The summed E-state index contributed by atoms with van der Waals surface area (Å²) < 4.78 is 0. The van der Waals surface area contributed by atoms with Crippen LogP contribution in [0.25, 0.3) is 0 Å². The molecule has 3 aliphatic carbocycles. The average Bonchev–Trinajstić information content (AvgIpc) is 2.84. The summed E-state index contributed by atoms with van der Waals surface area (Å²) in [7, 11) is 2.00. The smallest absolute Gasteiger partial charge is 0.222 e. The molecular formula is C21H35NO3. The highest BCUT2D eigenvalue weighted by atomic mass is 16.3. The minimum absolute atomic E-state index is 0.165. The van der Waals surface area contributed by atoms with Crippen LogP contribution in [0.5, 0.6) is 0 Å². The van der Waals surface area contributed by atoms with E-state index in [1.807, 2.05) is 11.9 Å². The molecule has 1 aliphatic heterocycles. The molecule has 25 heavy (non-hydrogen) atoms. The lowest BCUT2D eigenvalue weighted by Crippen LogP contribution is -2.63. The first-order valence-electron chi connectivity index (χ1n) is 10.3. The molecule has 4 fully saturated rings. The summed E-state index contributed by atoms with van der Waals surface area (Å²) in [5.74, 6) is 2.10. The summed E-state index contributed by atoms with van der Waals surface area (Å²) in [6.07, 6.45) is 7.20. The molecular weight excluding hydrogens is 314 g/mol. The van der Waals surface area contributed by atoms with Crippen molar-refractivity contribution < 1.29 is 15.0 Å². The number of nitrogens with zero attached hydrogens (tertiary/aromatic N) is 1. The Kier molecular flexibility index (Phi) is 3.88. The summed E-state index contributed by atoms with van der Waals surface area (Å²) in [4.78, 5) is 14.2. The largest absolute Gasteiger partial charge is 0.390 e. The second-order valence-corrected chi connectivity index (χ2v) is 10.1. The molecule has 0 bridgehead atoms. The van der Waals surface area contributed by atoms with Crippen LogP contribution in [0.3, 0.4) is 0 Å². The van der Waals surface area contributed by atoms with Crippen molar-refractivity contribution in [3.63, 3.8) is 0 Å². The SMILES string of the molecule is CC(O)[C@@]1(O)CC[C@H]2[C@@H]3CCC4N(C)C(=O)CC[C@]4(C)[C@H]3CC[C@@]21C. The summed E-state index contributed by atoms with van der Waals surface area (Å²) >= 11 is 0. The van der Waals surface area contributed by atoms with E-state index in [0.717, 1.165) is 38.5 Å². The third-order valence-corrected chi connectivity index (χ3v) is 9.46. The van der Waals surface area contributed by atoms with Crippen LogP contribution in [0.1, 0.15) is 72.1 Å². The molecule has 1 saturated heterocycles. The van der Waals surface area contributed by atoms with Crippen molar-refractivity contribution in [3.05, 3.63) is 0 Å². The molecule has 4 rings (SSSR count). The number of carbonyl (C=O) groups excluding carboxylic acids is 1. The van der Waals surface area contributed by atoms with E-state index >= 15 is 0 Å². The van der Waals surface area contributed by atoms with Gasteiger partial charge in [-0.2, -0.15) is 0 Å². The first-order chi connectivity index (χ1) is 11.6. The second kappa shape index (κ2) is 5.45. The van der Waals surface area contributed by atoms with Gasteiger partial charge in [0.2, 0.25) is 5.91 Å². The Balaban J connectivity index is 1.66. The Hall–Kier alpha value is -0.610. The van der Waals surface area contributed by atoms with Crippen LogP contribution < -0.4 is 0 Å². The van der Waals surface area contributed by atoms with Crippen molar-refractivity contribution in [2.24, 2.45) is 28.6 Å². The summed E-state index contributed by atoms with van der Waals surface area (Å²) in [6, 6.07) is 0.386. The minimum atomic E-state index is -0.931. The molecule has 1 amide bonds. The fraction of sp³-hybridized carbons (Fsp3) is 0.952. The van der Waals surface area contributed by atoms with Gasteiger partial charge in [0.05, 0.1) is 11.7 Å². The highest BCUT2D eigenvalue weighted by Gasteiger charge is 2.66. The Morgan fingerprint density at radius 1 is 1.08 bits per heavy atom. The fourth-order valence-corrected chi connectivity index (χ4v) is 7.89. The normalized spacial score (nSPS) is 53.8. The molecule has 1 heterocycles. The van der Waals surface area contributed by atoms with E-state index in [9.17, 15) is 15.0 Å². The maximum Gasteiger partial charge on any atom is 0.222 e. The summed E-state index contributed by atoms with van der Waals surface area (Å²) in [6.45, 7) is 6.42. The van der Waals surface area contributed by atoms with Gasteiger partial charge in [-0.3, -0.25) is 4.79 Å². The highest BCUT2D eigenvalue weighted by molar-refractivity contribution is 5.77. The summed E-state index contributed by atoms with van der Waals surface area (Å²) in [5, 5.41) is 21.6. The maximum atomic E-state index is 12.2. The number of hydrogen-bond acceptors (Lipinski definition) is 3. The third-order valence-electron chi connectivity index (χ3n) is 9.46. The van der Waals surface area contributed by atoms with E-state index in [1.54, 1.807) is 6.92 Å². The van der Waals surface area contributed by atoms with Crippen LogP contribution in [-0.2, 0) is 4.79 Å². The van der Waals surface area contributed by atoms with E-state index in [0.29, 0.717) is 36.1 Å². The zero-order chi connectivity index (χ0) is 18.2. The lowest BCUT2D eigenvalue weighted by molar-refractivity contribution is -0.187. The predicted molar refractivity (Wildman–Crippen MR) is 96.8 cm³/mol. The molecule has 8 atom stereocenters. The molecule has 0 aromatic rings. The molecule has 0 aromatic heterocycles. The van der Waals surface area contributed by atoms with Gasteiger partial charge in [-0.15, -0.1) is 0 Å². The monoisotopic (exact) mass is 349 g/mol. The van der Waals surface area contributed by atoms with Gasteiger partial charge in [0.1, 0.15) is 0 Å². The van der Waals surface area contributed by atoms with E-state index in [2.05, 4.69) is 13.8 Å². The molecule has 2 N–H and O–H groups in total. The van der Waals surface area contributed by atoms with Gasteiger partial charge in [-0.1, -0.05) is 13.8 Å². The number of fused-ring (bicyclic) bond motifs is 5. The topological polar surface area (TPSA) is 60.8 Å². The van der Waals surface area contributed by atoms with Gasteiger partial charge < -0.3 is 15.1 Å². The van der Waals surface area contributed by atoms with Crippen LogP contribution in [0.4, 0.5) is 0 Å². The van der Waals surface area contributed by atoms with E-state index in [-0.39, 0.29) is 10.8 Å². The van der Waals surface area contributed by atoms with Gasteiger partial charge >= 0.3 is 0 Å². The molecule has 0 radical (unpaired) electrons. The van der Waals surface area contributed by atoms with Gasteiger partial charge in [-0.05, 0) is 75.0 Å². The van der Waals surface area contributed by atoms with Crippen LogP contribution in [-0.4, -0.2) is 45.8 Å². The maximum absolute atomic E-state index is 12.2. The summed E-state index contributed by atoms with van der Waals surface area (Å²) in [5.41, 5.74) is -0.875. The number of carbonyl (C=O) groups is 1. The quantitative estimate of drug-likeness (QED) is 0.765. The van der Waals surface area contributed by atoms with Gasteiger partial charge in [0, 0.05) is 24.9 Å². The highest BCUT2D eigenvalue weighted by Crippen LogP contribution is 2.67. The average molecular weight is 350 g/mol. The molecule has 3 saturated carbocycles. The van der Waals surface area contributed by atoms with Gasteiger partial charge in [-0.25, -0.2) is 0 Å². The predicted octanol–water partition coefficient (Wildman–Crippen LogP) is 2.96. The Morgan fingerprint density at radius 2 is 1.76 bits per heavy atom. The van der Waals surface area contributed by atoms with E-state index < -0.39 is 11.7 Å². The Bertz CT molecular complexity index is 577. The number of amides is 1. The Labute approximate surface area is 152 Å². The van der Waals surface area contributed by atoms with Crippen LogP contribution in [0.2, 0.25) is 0 Å².